The second-order valence-electron chi connectivity index (χ2n) is 4.72. The summed E-state index contributed by atoms with van der Waals surface area (Å²) in [5.41, 5.74) is 0.552. The summed E-state index contributed by atoms with van der Waals surface area (Å²) in [5, 5.41) is 11.0. The minimum Gasteiger partial charge on any atom is -0.294 e. The van der Waals surface area contributed by atoms with E-state index < -0.39 is 4.92 Å². The molecule has 0 atom stereocenters. The molecule has 22 heavy (non-hydrogen) atoms. The van der Waals surface area contributed by atoms with Crippen molar-refractivity contribution in [2.45, 2.75) is 6.54 Å². The van der Waals surface area contributed by atoms with Crippen molar-refractivity contribution >= 4 is 28.2 Å². The van der Waals surface area contributed by atoms with Gasteiger partial charge in [-0.25, -0.2) is 4.98 Å². The van der Waals surface area contributed by atoms with Gasteiger partial charge >= 0.3 is 0 Å². The van der Waals surface area contributed by atoms with Gasteiger partial charge in [-0.3, -0.25) is 19.5 Å². The average molecular weight is 316 g/mol. The third-order valence-corrected chi connectivity index (χ3v) is 3.68. The molecular formula is C15H10ClN3O3. The van der Waals surface area contributed by atoms with Crippen LogP contribution in [0.1, 0.15) is 5.56 Å². The lowest BCUT2D eigenvalue weighted by Gasteiger charge is -2.07. The quantitative estimate of drug-likeness (QED) is 0.550. The van der Waals surface area contributed by atoms with E-state index in [-0.39, 0.29) is 27.2 Å². The summed E-state index contributed by atoms with van der Waals surface area (Å²) in [7, 11) is 0. The number of nitro groups is 1. The summed E-state index contributed by atoms with van der Waals surface area (Å²) in [4.78, 5) is 26.8. The number of benzene rings is 2. The summed E-state index contributed by atoms with van der Waals surface area (Å²) in [6.45, 7) is 0.372. The lowest BCUT2D eigenvalue weighted by molar-refractivity contribution is -0.384. The molecule has 1 heterocycles. The van der Waals surface area contributed by atoms with Crippen LogP contribution in [-0.4, -0.2) is 14.5 Å². The Morgan fingerprint density at radius 2 is 1.91 bits per heavy atom. The fourth-order valence-corrected chi connectivity index (χ4v) is 2.50. The zero-order valence-corrected chi connectivity index (χ0v) is 12.0. The van der Waals surface area contributed by atoms with Crippen molar-refractivity contribution in [2.24, 2.45) is 0 Å². The Morgan fingerprint density at radius 1 is 1.18 bits per heavy atom. The molecule has 6 nitrogen and oxygen atoms in total. The summed E-state index contributed by atoms with van der Waals surface area (Å²) < 4.78 is 1.44. The van der Waals surface area contributed by atoms with Crippen molar-refractivity contribution in [3.05, 3.63) is 79.8 Å². The van der Waals surface area contributed by atoms with Gasteiger partial charge in [-0.15, -0.1) is 0 Å². The molecule has 0 aliphatic heterocycles. The Hall–Kier alpha value is -2.73. The fraction of sp³-hybridized carbons (Fsp3) is 0.0667. The van der Waals surface area contributed by atoms with Gasteiger partial charge in [-0.05, 0) is 11.6 Å². The van der Waals surface area contributed by atoms with Gasteiger partial charge in [0.25, 0.3) is 11.2 Å². The molecule has 2 aromatic carbocycles. The number of nitro benzene ring substituents is 1. The Labute approximate surface area is 129 Å². The number of hydrogen-bond donors (Lipinski definition) is 0. The molecule has 7 heteroatoms. The van der Waals surface area contributed by atoms with Gasteiger partial charge in [-0.1, -0.05) is 41.9 Å². The normalized spacial score (nSPS) is 10.8. The molecule has 110 valence electrons. The van der Waals surface area contributed by atoms with Crippen molar-refractivity contribution in [1.29, 1.82) is 0 Å². The van der Waals surface area contributed by atoms with Crippen LogP contribution in [0, 0.1) is 10.1 Å². The van der Waals surface area contributed by atoms with Crippen LogP contribution in [0.25, 0.3) is 10.9 Å². The molecular weight excluding hydrogens is 306 g/mol. The first kappa shape index (κ1) is 14.2. The summed E-state index contributed by atoms with van der Waals surface area (Å²) in [5.74, 6) is 0. The second-order valence-corrected chi connectivity index (χ2v) is 5.09. The molecule has 0 aliphatic carbocycles. The third kappa shape index (κ3) is 2.44. The highest BCUT2D eigenvalue weighted by molar-refractivity contribution is 6.37. The number of nitrogens with zero attached hydrogens (tertiary/aromatic N) is 3. The molecule has 1 aromatic heterocycles. The van der Waals surface area contributed by atoms with Crippen molar-refractivity contribution in [3.8, 4) is 0 Å². The number of hydrogen-bond acceptors (Lipinski definition) is 4. The molecule has 0 spiro atoms. The molecule has 0 saturated carbocycles. The van der Waals surface area contributed by atoms with Crippen molar-refractivity contribution in [1.82, 2.24) is 9.55 Å². The fourth-order valence-electron chi connectivity index (χ4n) is 2.22. The van der Waals surface area contributed by atoms with Crippen LogP contribution in [0.15, 0.2) is 53.6 Å². The van der Waals surface area contributed by atoms with E-state index in [0.717, 1.165) is 5.56 Å². The van der Waals surface area contributed by atoms with Crippen molar-refractivity contribution in [3.63, 3.8) is 0 Å². The third-order valence-electron chi connectivity index (χ3n) is 3.31. The first-order chi connectivity index (χ1) is 10.6. The van der Waals surface area contributed by atoms with E-state index >= 15 is 0 Å². The number of halogens is 1. The van der Waals surface area contributed by atoms with Crippen LogP contribution in [0.3, 0.4) is 0 Å². The zero-order valence-electron chi connectivity index (χ0n) is 11.3. The van der Waals surface area contributed by atoms with Gasteiger partial charge < -0.3 is 0 Å². The Kier molecular flexibility index (Phi) is 3.60. The van der Waals surface area contributed by atoms with Crippen LogP contribution < -0.4 is 5.56 Å². The highest BCUT2D eigenvalue weighted by Crippen LogP contribution is 2.29. The first-order valence-electron chi connectivity index (χ1n) is 6.44. The standard InChI is InChI=1S/C15H10ClN3O3/c16-13-12(19(21)22)7-6-11-14(13)17-9-18(15(11)20)8-10-4-2-1-3-5-10/h1-7,9H,8H2. The zero-order chi connectivity index (χ0) is 15.7. The van der Waals surface area contributed by atoms with Crippen molar-refractivity contribution < 1.29 is 4.92 Å². The molecule has 0 N–H and O–H groups in total. The molecule has 0 fully saturated rings. The van der Waals surface area contributed by atoms with Gasteiger partial charge in [0.15, 0.2) is 0 Å². The maximum absolute atomic E-state index is 12.5. The lowest BCUT2D eigenvalue weighted by Crippen LogP contribution is -2.21. The first-order valence-corrected chi connectivity index (χ1v) is 6.81. The van der Waals surface area contributed by atoms with Crippen LogP contribution in [0.4, 0.5) is 5.69 Å². The van der Waals surface area contributed by atoms with E-state index in [4.69, 9.17) is 11.6 Å². The van der Waals surface area contributed by atoms with E-state index in [0.29, 0.717) is 6.54 Å². The molecule has 0 unspecified atom stereocenters. The average Bonchev–Trinajstić information content (AvgIpc) is 2.51. The van der Waals surface area contributed by atoms with Crippen LogP contribution >= 0.6 is 11.6 Å². The van der Waals surface area contributed by atoms with Crippen LogP contribution in [0.2, 0.25) is 5.02 Å². The van der Waals surface area contributed by atoms with Gasteiger partial charge in [0.1, 0.15) is 10.5 Å². The molecule has 0 saturated heterocycles. The Bertz CT molecular complexity index is 922. The van der Waals surface area contributed by atoms with Gasteiger partial charge in [0.2, 0.25) is 0 Å². The molecule has 0 amide bonds. The van der Waals surface area contributed by atoms with E-state index in [1.807, 2.05) is 30.3 Å². The van der Waals surface area contributed by atoms with Crippen LogP contribution in [-0.2, 0) is 6.54 Å². The molecule has 3 aromatic rings. The van der Waals surface area contributed by atoms with E-state index in [2.05, 4.69) is 4.98 Å². The number of aromatic nitrogens is 2. The summed E-state index contributed by atoms with van der Waals surface area (Å²) in [6, 6.07) is 12.1. The van der Waals surface area contributed by atoms with E-state index in [1.54, 1.807) is 0 Å². The topological polar surface area (TPSA) is 78.0 Å². The summed E-state index contributed by atoms with van der Waals surface area (Å²) >= 11 is 5.97. The molecule has 3 rings (SSSR count). The molecule has 0 bridgehead atoms. The predicted octanol–water partition coefficient (Wildman–Crippen LogP) is 3.01. The summed E-state index contributed by atoms with van der Waals surface area (Å²) in [6.07, 6.45) is 1.35. The van der Waals surface area contributed by atoms with Gasteiger partial charge in [0.05, 0.1) is 23.2 Å². The number of rotatable bonds is 3. The highest BCUT2D eigenvalue weighted by atomic mass is 35.5. The predicted molar refractivity (Wildman–Crippen MR) is 83.2 cm³/mol. The van der Waals surface area contributed by atoms with Crippen LogP contribution in [0.5, 0.6) is 0 Å². The highest BCUT2D eigenvalue weighted by Gasteiger charge is 2.18. The van der Waals surface area contributed by atoms with E-state index in [9.17, 15) is 14.9 Å². The Balaban J connectivity index is 2.13. The van der Waals surface area contributed by atoms with E-state index in [1.165, 1.54) is 23.0 Å². The monoisotopic (exact) mass is 315 g/mol. The maximum atomic E-state index is 12.5. The maximum Gasteiger partial charge on any atom is 0.290 e. The Morgan fingerprint density at radius 3 is 2.59 bits per heavy atom. The minimum atomic E-state index is -0.598. The van der Waals surface area contributed by atoms with Gasteiger partial charge in [0, 0.05) is 6.07 Å². The SMILES string of the molecule is O=c1c2ccc([N+](=O)[O-])c(Cl)c2ncn1Cc1ccccc1. The number of fused-ring (bicyclic) bond motifs is 1. The lowest BCUT2D eigenvalue weighted by atomic mass is 10.2. The van der Waals surface area contributed by atoms with Crippen molar-refractivity contribution in [2.75, 3.05) is 0 Å². The largest absolute Gasteiger partial charge is 0.294 e. The minimum absolute atomic E-state index is 0.119. The molecule has 0 aliphatic rings. The second kappa shape index (κ2) is 5.57. The van der Waals surface area contributed by atoms with Gasteiger partial charge in [-0.2, -0.15) is 0 Å². The smallest absolute Gasteiger partial charge is 0.290 e. The molecule has 0 radical (unpaired) electrons.